The predicted molar refractivity (Wildman–Crippen MR) is 147 cm³/mol. The monoisotopic (exact) mass is 543 g/mol. The molecule has 0 aliphatic heterocycles. The fourth-order valence-corrected chi connectivity index (χ4v) is 4.14. The Hall–Kier alpha value is -3.53. The first-order valence-corrected chi connectivity index (χ1v) is 13.5. The lowest BCUT2D eigenvalue weighted by Crippen LogP contribution is -2.56. The number of ether oxygens (including phenoxy) is 2. The Kier molecular flexibility index (Phi) is 12.1. The molecular formula is C28H37N3O6S. The molecule has 0 spiro atoms. The Bertz CT molecular complexity index is 1060. The van der Waals surface area contributed by atoms with Crippen LogP contribution in [-0.4, -0.2) is 53.4 Å². The molecule has 3 atom stereocenters. The number of thioether (sulfide) groups is 1. The van der Waals surface area contributed by atoms with Gasteiger partial charge in [0, 0.05) is 11.5 Å². The first kappa shape index (κ1) is 30.7. The first-order valence-electron chi connectivity index (χ1n) is 12.4. The molecule has 0 bridgehead atoms. The van der Waals surface area contributed by atoms with Crippen LogP contribution in [0.1, 0.15) is 45.7 Å². The number of amides is 3. The summed E-state index contributed by atoms with van der Waals surface area (Å²) in [6.07, 6.45) is -0.755. The third-order valence-electron chi connectivity index (χ3n) is 5.09. The number of carbonyl (C=O) groups is 4. The smallest absolute Gasteiger partial charge is 0.408 e. The summed E-state index contributed by atoms with van der Waals surface area (Å²) in [6.45, 7) is 8.29. The van der Waals surface area contributed by atoms with Gasteiger partial charge in [0.2, 0.25) is 11.8 Å². The van der Waals surface area contributed by atoms with Crippen LogP contribution < -0.4 is 16.0 Å². The van der Waals surface area contributed by atoms with Crippen molar-refractivity contribution in [1.29, 1.82) is 0 Å². The van der Waals surface area contributed by atoms with Crippen molar-refractivity contribution in [1.82, 2.24) is 16.0 Å². The van der Waals surface area contributed by atoms with Gasteiger partial charge in [-0.15, -0.1) is 0 Å². The van der Waals surface area contributed by atoms with Gasteiger partial charge in [0.05, 0.1) is 0 Å². The topological polar surface area (TPSA) is 123 Å². The molecular weight excluding hydrogens is 506 g/mol. The van der Waals surface area contributed by atoms with Crippen molar-refractivity contribution in [2.24, 2.45) is 0 Å². The maximum atomic E-state index is 13.0. The highest BCUT2D eigenvalue weighted by Gasteiger charge is 2.29. The van der Waals surface area contributed by atoms with E-state index in [1.165, 1.54) is 25.6 Å². The fourth-order valence-electron chi connectivity index (χ4n) is 3.12. The molecule has 2 rings (SSSR count). The minimum atomic E-state index is -0.962. The zero-order valence-electron chi connectivity index (χ0n) is 22.5. The van der Waals surface area contributed by atoms with Gasteiger partial charge in [-0.25, -0.2) is 9.59 Å². The van der Waals surface area contributed by atoms with Crippen molar-refractivity contribution in [2.75, 3.05) is 5.75 Å². The largest absolute Gasteiger partial charge is 0.458 e. The molecule has 9 nitrogen and oxygen atoms in total. The van der Waals surface area contributed by atoms with Crippen LogP contribution in [0.4, 0.5) is 4.79 Å². The summed E-state index contributed by atoms with van der Waals surface area (Å²) in [5.74, 6) is -0.798. The van der Waals surface area contributed by atoms with Gasteiger partial charge in [-0.05, 0) is 45.7 Å². The van der Waals surface area contributed by atoms with E-state index in [9.17, 15) is 19.2 Å². The van der Waals surface area contributed by atoms with Crippen LogP contribution in [0.25, 0.3) is 0 Å². The Balaban J connectivity index is 1.96. The Morgan fingerprint density at radius 2 is 1.37 bits per heavy atom. The van der Waals surface area contributed by atoms with Crippen molar-refractivity contribution in [3.8, 4) is 0 Å². The molecule has 0 fully saturated rings. The minimum Gasteiger partial charge on any atom is -0.458 e. The predicted octanol–water partition coefficient (Wildman–Crippen LogP) is 3.57. The van der Waals surface area contributed by atoms with E-state index >= 15 is 0 Å². The lowest BCUT2D eigenvalue weighted by atomic mass is 10.2. The van der Waals surface area contributed by atoms with Crippen LogP contribution in [0.15, 0.2) is 60.7 Å². The number of hydrogen-bond acceptors (Lipinski definition) is 7. The highest BCUT2D eigenvalue weighted by molar-refractivity contribution is 7.98. The lowest BCUT2D eigenvalue weighted by molar-refractivity contribution is -0.158. The molecule has 0 heterocycles. The van der Waals surface area contributed by atoms with Gasteiger partial charge in [-0.2, -0.15) is 11.8 Å². The molecule has 3 N–H and O–H groups in total. The highest BCUT2D eigenvalue weighted by atomic mass is 32.2. The Morgan fingerprint density at radius 3 is 1.95 bits per heavy atom. The summed E-state index contributed by atoms with van der Waals surface area (Å²) in [6, 6.07) is 16.0. The molecule has 0 radical (unpaired) electrons. The van der Waals surface area contributed by atoms with E-state index in [2.05, 4.69) is 16.0 Å². The number of esters is 1. The van der Waals surface area contributed by atoms with Crippen molar-refractivity contribution in [2.45, 2.75) is 70.7 Å². The average Bonchev–Trinajstić information content (AvgIpc) is 2.86. The Labute approximate surface area is 228 Å². The van der Waals surface area contributed by atoms with Crippen LogP contribution in [0.5, 0.6) is 0 Å². The molecule has 2 aromatic rings. The van der Waals surface area contributed by atoms with Gasteiger partial charge in [0.25, 0.3) is 0 Å². The SMILES string of the molecule is C[C@H](NC(=O)OCc1ccccc1)C(=O)N[C@H](CSCc1ccccc1)C(=O)N[C@@H](C)C(=O)OC(C)(C)C. The van der Waals surface area contributed by atoms with E-state index in [0.29, 0.717) is 5.75 Å². The number of rotatable bonds is 12. The van der Waals surface area contributed by atoms with Gasteiger partial charge in [0.1, 0.15) is 30.3 Å². The molecule has 206 valence electrons. The van der Waals surface area contributed by atoms with Crippen molar-refractivity contribution >= 4 is 35.6 Å². The third-order valence-corrected chi connectivity index (χ3v) is 6.20. The van der Waals surface area contributed by atoms with Gasteiger partial charge >= 0.3 is 12.1 Å². The average molecular weight is 544 g/mol. The number of nitrogens with one attached hydrogen (secondary N) is 3. The molecule has 0 saturated heterocycles. The van der Waals surface area contributed by atoms with E-state index in [-0.39, 0.29) is 12.4 Å². The number of alkyl carbamates (subject to hydrolysis) is 1. The van der Waals surface area contributed by atoms with E-state index in [1.807, 2.05) is 60.7 Å². The standard InChI is InChI=1S/C28H37N3O6S/c1-19(30-27(35)36-16-21-12-8-6-9-13-21)24(32)31-23(18-38-17-22-14-10-7-11-15-22)25(33)29-20(2)26(34)37-28(3,4)5/h6-15,19-20,23H,16-18H2,1-5H3,(H,29,33)(H,30,35)(H,31,32)/t19-,20-,23+/m0/s1. The van der Waals surface area contributed by atoms with Gasteiger partial charge in [0.15, 0.2) is 0 Å². The van der Waals surface area contributed by atoms with Crippen LogP contribution in [0.3, 0.4) is 0 Å². The second-order valence-corrected chi connectivity index (χ2v) is 10.8. The molecule has 0 aliphatic carbocycles. The van der Waals surface area contributed by atoms with E-state index in [1.54, 1.807) is 20.8 Å². The summed E-state index contributed by atoms with van der Waals surface area (Å²) >= 11 is 1.46. The zero-order chi connectivity index (χ0) is 28.1. The zero-order valence-corrected chi connectivity index (χ0v) is 23.3. The molecule has 0 saturated carbocycles. The van der Waals surface area contributed by atoms with Crippen molar-refractivity contribution in [3.05, 3.63) is 71.8 Å². The van der Waals surface area contributed by atoms with Gasteiger partial charge in [-0.1, -0.05) is 60.7 Å². The molecule has 38 heavy (non-hydrogen) atoms. The van der Waals surface area contributed by atoms with Crippen LogP contribution in [0, 0.1) is 0 Å². The number of carbonyl (C=O) groups excluding carboxylic acids is 4. The summed E-state index contributed by atoms with van der Waals surface area (Å²) < 4.78 is 10.5. The molecule has 10 heteroatoms. The molecule has 2 aromatic carbocycles. The third kappa shape index (κ3) is 11.7. The van der Waals surface area contributed by atoms with Crippen molar-refractivity contribution in [3.63, 3.8) is 0 Å². The summed E-state index contributed by atoms with van der Waals surface area (Å²) in [5.41, 5.74) is 1.18. The van der Waals surface area contributed by atoms with E-state index in [4.69, 9.17) is 9.47 Å². The molecule has 3 amide bonds. The molecule has 0 unspecified atom stereocenters. The summed E-state index contributed by atoms with van der Waals surface area (Å²) in [7, 11) is 0. The second-order valence-electron chi connectivity index (χ2n) is 9.75. The maximum Gasteiger partial charge on any atom is 0.408 e. The molecule has 0 aliphatic rings. The first-order chi connectivity index (χ1) is 17.9. The normalized spacial score (nSPS) is 13.4. The lowest BCUT2D eigenvalue weighted by Gasteiger charge is -2.25. The van der Waals surface area contributed by atoms with Crippen LogP contribution >= 0.6 is 11.8 Å². The van der Waals surface area contributed by atoms with E-state index in [0.717, 1.165) is 11.1 Å². The second kappa shape index (κ2) is 15.0. The quantitative estimate of drug-likeness (QED) is 0.350. The number of benzene rings is 2. The van der Waals surface area contributed by atoms with E-state index < -0.39 is 47.6 Å². The number of hydrogen-bond donors (Lipinski definition) is 3. The van der Waals surface area contributed by atoms with Crippen LogP contribution in [0.2, 0.25) is 0 Å². The summed E-state index contributed by atoms with van der Waals surface area (Å²) in [5, 5.41) is 7.78. The maximum absolute atomic E-state index is 13.0. The van der Waals surface area contributed by atoms with Gasteiger partial charge in [-0.3, -0.25) is 9.59 Å². The molecule has 0 aromatic heterocycles. The van der Waals surface area contributed by atoms with Gasteiger partial charge < -0.3 is 25.4 Å². The summed E-state index contributed by atoms with van der Waals surface area (Å²) in [4.78, 5) is 50.4. The van der Waals surface area contributed by atoms with Crippen LogP contribution in [-0.2, 0) is 36.2 Å². The van der Waals surface area contributed by atoms with Crippen molar-refractivity contribution < 1.29 is 28.7 Å². The Morgan fingerprint density at radius 1 is 0.789 bits per heavy atom. The highest BCUT2D eigenvalue weighted by Crippen LogP contribution is 2.14. The fraction of sp³-hybridized carbons (Fsp3) is 0.429. The minimum absolute atomic E-state index is 0.0602.